The van der Waals surface area contributed by atoms with Gasteiger partial charge in [-0.1, -0.05) is 17.7 Å². The zero-order chi connectivity index (χ0) is 11.4. The van der Waals surface area contributed by atoms with Crippen LogP contribution in [0.15, 0.2) is 36.5 Å². The quantitative estimate of drug-likeness (QED) is 0.835. The van der Waals surface area contributed by atoms with Crippen LogP contribution in [0.25, 0.3) is 0 Å². The van der Waals surface area contributed by atoms with Gasteiger partial charge in [0, 0.05) is 6.20 Å². The number of pyridine rings is 2. The third kappa shape index (κ3) is 2.90. The van der Waals surface area contributed by atoms with Crippen molar-refractivity contribution in [1.82, 2.24) is 9.97 Å². The molecule has 0 unspecified atom stereocenters. The molecule has 0 aliphatic rings. The molecule has 0 saturated carbocycles. The molecule has 0 amide bonds. The first kappa shape index (κ1) is 10.8. The van der Waals surface area contributed by atoms with Crippen molar-refractivity contribution in [2.24, 2.45) is 0 Å². The minimum atomic E-state index is -0.505. The number of rotatable bonds is 3. The van der Waals surface area contributed by atoms with E-state index in [-0.39, 0.29) is 0 Å². The molecular weight excluding hydrogens is 229 g/mol. The molecule has 0 aliphatic heterocycles. The summed E-state index contributed by atoms with van der Waals surface area (Å²) in [4.78, 5) is 7.77. The molecule has 0 aliphatic carbocycles. The van der Waals surface area contributed by atoms with Crippen molar-refractivity contribution in [3.8, 4) is 0 Å². The molecule has 0 radical (unpaired) electrons. The smallest absolute Gasteiger partial charge is 0.214 e. The zero-order valence-electron chi connectivity index (χ0n) is 8.32. The standard InChI is InChI=1S/C11H9ClFN3/c12-8-4-5-9(14-6-8)7-15-11-3-1-2-10(13)16-11/h1-6H,7H2,(H,15,16). The minimum Gasteiger partial charge on any atom is -0.364 e. The van der Waals surface area contributed by atoms with Gasteiger partial charge in [0.05, 0.1) is 17.3 Å². The van der Waals surface area contributed by atoms with E-state index in [2.05, 4.69) is 15.3 Å². The number of nitrogens with one attached hydrogen (secondary N) is 1. The normalized spacial score (nSPS) is 10.1. The van der Waals surface area contributed by atoms with Crippen LogP contribution in [0.5, 0.6) is 0 Å². The number of aromatic nitrogens is 2. The van der Waals surface area contributed by atoms with Crippen LogP contribution in [0.2, 0.25) is 5.02 Å². The van der Waals surface area contributed by atoms with E-state index < -0.39 is 5.95 Å². The summed E-state index contributed by atoms with van der Waals surface area (Å²) in [5.41, 5.74) is 0.815. The number of nitrogens with zero attached hydrogens (tertiary/aromatic N) is 2. The predicted molar refractivity (Wildman–Crippen MR) is 60.8 cm³/mol. The molecule has 0 saturated heterocycles. The average Bonchev–Trinajstić information content (AvgIpc) is 2.28. The maximum Gasteiger partial charge on any atom is 0.214 e. The molecule has 0 bridgehead atoms. The Labute approximate surface area is 97.3 Å². The molecule has 2 rings (SSSR count). The minimum absolute atomic E-state index is 0.480. The van der Waals surface area contributed by atoms with Gasteiger partial charge in [0.15, 0.2) is 0 Å². The summed E-state index contributed by atoms with van der Waals surface area (Å²) in [6.07, 6.45) is 1.57. The first-order valence-electron chi connectivity index (χ1n) is 4.71. The van der Waals surface area contributed by atoms with Crippen molar-refractivity contribution in [1.29, 1.82) is 0 Å². The molecule has 1 N–H and O–H groups in total. The highest BCUT2D eigenvalue weighted by molar-refractivity contribution is 6.30. The van der Waals surface area contributed by atoms with Crippen LogP contribution in [0, 0.1) is 5.95 Å². The lowest BCUT2D eigenvalue weighted by molar-refractivity contribution is 0.585. The van der Waals surface area contributed by atoms with Gasteiger partial charge in [-0.3, -0.25) is 4.98 Å². The van der Waals surface area contributed by atoms with E-state index in [1.165, 1.54) is 6.07 Å². The number of anilines is 1. The second kappa shape index (κ2) is 4.90. The van der Waals surface area contributed by atoms with Gasteiger partial charge in [-0.15, -0.1) is 0 Å². The Hall–Kier alpha value is -1.68. The van der Waals surface area contributed by atoms with Gasteiger partial charge in [-0.2, -0.15) is 4.39 Å². The van der Waals surface area contributed by atoms with E-state index in [4.69, 9.17) is 11.6 Å². The summed E-state index contributed by atoms with van der Waals surface area (Å²) in [5, 5.41) is 3.55. The lowest BCUT2D eigenvalue weighted by Gasteiger charge is -2.04. The Bertz CT molecular complexity index is 473. The second-order valence-electron chi connectivity index (χ2n) is 3.17. The molecular formula is C11H9ClFN3. The molecule has 16 heavy (non-hydrogen) atoms. The fraction of sp³-hybridized carbons (Fsp3) is 0.0909. The first-order valence-corrected chi connectivity index (χ1v) is 5.09. The zero-order valence-corrected chi connectivity index (χ0v) is 9.08. The van der Waals surface area contributed by atoms with Gasteiger partial charge >= 0.3 is 0 Å². The van der Waals surface area contributed by atoms with E-state index in [1.54, 1.807) is 30.5 Å². The van der Waals surface area contributed by atoms with E-state index in [0.29, 0.717) is 17.4 Å². The van der Waals surface area contributed by atoms with Gasteiger partial charge < -0.3 is 5.32 Å². The fourth-order valence-corrected chi connectivity index (χ4v) is 1.31. The molecule has 2 aromatic heterocycles. The van der Waals surface area contributed by atoms with Crippen LogP contribution in [0.1, 0.15) is 5.69 Å². The molecule has 5 heteroatoms. The Kier molecular flexibility index (Phi) is 3.31. The molecule has 0 atom stereocenters. The molecule has 3 nitrogen and oxygen atoms in total. The monoisotopic (exact) mass is 237 g/mol. The lowest BCUT2D eigenvalue weighted by atomic mass is 10.3. The highest BCUT2D eigenvalue weighted by Gasteiger charge is 1.97. The van der Waals surface area contributed by atoms with Crippen LogP contribution in [0.4, 0.5) is 10.2 Å². The maximum absolute atomic E-state index is 12.8. The van der Waals surface area contributed by atoms with Crippen LogP contribution in [-0.4, -0.2) is 9.97 Å². The van der Waals surface area contributed by atoms with E-state index >= 15 is 0 Å². The Morgan fingerprint density at radius 2 is 2.12 bits per heavy atom. The summed E-state index contributed by atoms with van der Waals surface area (Å²) in [5.74, 6) is -0.0224. The Morgan fingerprint density at radius 3 is 2.81 bits per heavy atom. The van der Waals surface area contributed by atoms with Gasteiger partial charge in [-0.25, -0.2) is 4.98 Å². The van der Waals surface area contributed by atoms with Gasteiger partial charge in [0.25, 0.3) is 0 Å². The summed E-state index contributed by atoms with van der Waals surface area (Å²) >= 11 is 5.70. The molecule has 0 spiro atoms. The summed E-state index contributed by atoms with van der Waals surface area (Å²) in [6, 6.07) is 8.14. The number of hydrogen-bond acceptors (Lipinski definition) is 3. The first-order chi connectivity index (χ1) is 7.74. The van der Waals surface area contributed by atoms with Crippen molar-refractivity contribution in [3.63, 3.8) is 0 Å². The lowest BCUT2D eigenvalue weighted by Crippen LogP contribution is -2.03. The van der Waals surface area contributed by atoms with Crippen molar-refractivity contribution >= 4 is 17.4 Å². The largest absolute Gasteiger partial charge is 0.364 e. The molecule has 2 heterocycles. The van der Waals surface area contributed by atoms with Crippen molar-refractivity contribution in [2.45, 2.75) is 6.54 Å². The third-order valence-electron chi connectivity index (χ3n) is 1.95. The van der Waals surface area contributed by atoms with Crippen LogP contribution < -0.4 is 5.32 Å². The van der Waals surface area contributed by atoms with Crippen molar-refractivity contribution in [2.75, 3.05) is 5.32 Å². The Morgan fingerprint density at radius 1 is 1.25 bits per heavy atom. The summed E-state index contributed by atoms with van der Waals surface area (Å²) in [7, 11) is 0. The highest BCUT2D eigenvalue weighted by Crippen LogP contribution is 2.08. The summed E-state index contributed by atoms with van der Waals surface area (Å²) < 4.78 is 12.8. The van der Waals surface area contributed by atoms with Gasteiger partial charge in [-0.05, 0) is 24.3 Å². The van der Waals surface area contributed by atoms with Gasteiger partial charge in [0.2, 0.25) is 5.95 Å². The van der Waals surface area contributed by atoms with Gasteiger partial charge in [0.1, 0.15) is 5.82 Å². The fourth-order valence-electron chi connectivity index (χ4n) is 1.20. The average molecular weight is 238 g/mol. The number of halogens is 2. The van der Waals surface area contributed by atoms with E-state index in [0.717, 1.165) is 5.69 Å². The maximum atomic E-state index is 12.8. The Balaban J connectivity index is 1.99. The second-order valence-corrected chi connectivity index (χ2v) is 3.60. The molecule has 0 aromatic carbocycles. The highest BCUT2D eigenvalue weighted by atomic mass is 35.5. The summed E-state index contributed by atoms with van der Waals surface area (Å²) in [6.45, 7) is 0.480. The molecule has 82 valence electrons. The van der Waals surface area contributed by atoms with E-state index in [9.17, 15) is 4.39 Å². The predicted octanol–water partition coefficient (Wildman–Crippen LogP) is 2.88. The van der Waals surface area contributed by atoms with Crippen LogP contribution in [-0.2, 0) is 6.54 Å². The number of hydrogen-bond donors (Lipinski definition) is 1. The van der Waals surface area contributed by atoms with Crippen molar-refractivity contribution < 1.29 is 4.39 Å². The topological polar surface area (TPSA) is 37.8 Å². The SMILES string of the molecule is Fc1cccc(NCc2ccc(Cl)cn2)n1. The van der Waals surface area contributed by atoms with E-state index in [1.807, 2.05) is 0 Å². The van der Waals surface area contributed by atoms with Crippen LogP contribution >= 0.6 is 11.6 Å². The molecule has 0 fully saturated rings. The molecule has 2 aromatic rings. The third-order valence-corrected chi connectivity index (χ3v) is 2.18. The van der Waals surface area contributed by atoms with Crippen molar-refractivity contribution in [3.05, 3.63) is 53.2 Å². The van der Waals surface area contributed by atoms with Crippen LogP contribution in [0.3, 0.4) is 0 Å².